The third-order valence-electron chi connectivity index (χ3n) is 4.76. The highest BCUT2D eigenvalue weighted by Gasteiger charge is 2.10. The molecular formula is C25H22N2O4. The molecule has 0 unspecified atom stereocenters. The van der Waals surface area contributed by atoms with Gasteiger partial charge in [0, 0.05) is 29.6 Å². The zero-order valence-electron chi connectivity index (χ0n) is 17.5. The summed E-state index contributed by atoms with van der Waals surface area (Å²) in [6, 6.07) is 22.7. The Morgan fingerprint density at radius 3 is 2.35 bits per heavy atom. The number of nitrogens with one attached hydrogen (secondary N) is 1. The summed E-state index contributed by atoms with van der Waals surface area (Å²) in [6.07, 6.45) is 0. The van der Waals surface area contributed by atoms with Crippen LogP contribution in [0.3, 0.4) is 0 Å². The van der Waals surface area contributed by atoms with Crippen molar-refractivity contribution in [1.29, 1.82) is 0 Å². The summed E-state index contributed by atoms with van der Waals surface area (Å²) in [5, 5.41) is 4.44. The lowest BCUT2D eigenvalue weighted by atomic mass is 10.1. The van der Waals surface area contributed by atoms with Crippen LogP contribution in [0.4, 0.5) is 11.4 Å². The van der Waals surface area contributed by atoms with Gasteiger partial charge in [-0.05, 0) is 54.6 Å². The lowest BCUT2D eigenvalue weighted by Gasteiger charge is -2.10. The summed E-state index contributed by atoms with van der Waals surface area (Å²) in [7, 11) is 3.21. The van der Waals surface area contributed by atoms with Crippen LogP contribution >= 0.6 is 0 Å². The fraction of sp³-hybridized carbons (Fsp3) is 0.120. The molecule has 4 rings (SSSR count). The largest absolute Gasteiger partial charge is 0.493 e. The predicted octanol–water partition coefficient (Wildman–Crippen LogP) is 5.31. The SMILES string of the molecule is COc1ccc(-c2cc(=Nc3ccc(NC(C)=O)cc3)c3ccccc3o2)cc1OC. The highest BCUT2D eigenvalue weighted by atomic mass is 16.5. The highest BCUT2D eigenvalue weighted by Crippen LogP contribution is 2.32. The van der Waals surface area contributed by atoms with E-state index in [0.717, 1.165) is 33.3 Å². The van der Waals surface area contributed by atoms with Gasteiger partial charge < -0.3 is 19.2 Å². The van der Waals surface area contributed by atoms with Crippen LogP contribution in [0.1, 0.15) is 6.92 Å². The first kappa shape index (κ1) is 20.2. The first-order valence-corrected chi connectivity index (χ1v) is 9.75. The van der Waals surface area contributed by atoms with Gasteiger partial charge in [-0.2, -0.15) is 0 Å². The maximum Gasteiger partial charge on any atom is 0.221 e. The maximum absolute atomic E-state index is 11.2. The van der Waals surface area contributed by atoms with Gasteiger partial charge in [0.2, 0.25) is 5.91 Å². The number of amides is 1. The molecule has 4 aromatic rings. The van der Waals surface area contributed by atoms with Crippen LogP contribution in [0, 0.1) is 0 Å². The third-order valence-corrected chi connectivity index (χ3v) is 4.76. The summed E-state index contributed by atoms with van der Waals surface area (Å²) in [5.41, 5.74) is 3.07. The molecule has 0 bridgehead atoms. The molecule has 0 saturated heterocycles. The summed E-state index contributed by atoms with van der Waals surface area (Å²) in [4.78, 5) is 16.1. The Morgan fingerprint density at radius 1 is 0.903 bits per heavy atom. The van der Waals surface area contributed by atoms with Gasteiger partial charge in [0.15, 0.2) is 11.5 Å². The zero-order chi connectivity index (χ0) is 21.8. The number of anilines is 1. The average molecular weight is 414 g/mol. The van der Waals surface area contributed by atoms with Crippen LogP contribution in [-0.4, -0.2) is 20.1 Å². The average Bonchev–Trinajstić information content (AvgIpc) is 2.79. The second-order valence-corrected chi connectivity index (χ2v) is 6.90. The van der Waals surface area contributed by atoms with E-state index in [1.807, 2.05) is 72.8 Å². The van der Waals surface area contributed by atoms with E-state index in [0.29, 0.717) is 17.3 Å². The Bertz CT molecular complexity index is 1310. The second kappa shape index (κ2) is 8.75. The normalized spacial score (nSPS) is 11.4. The van der Waals surface area contributed by atoms with Crippen molar-refractivity contribution >= 4 is 28.3 Å². The van der Waals surface area contributed by atoms with Crippen LogP contribution in [0.5, 0.6) is 11.5 Å². The Balaban J connectivity index is 1.84. The van der Waals surface area contributed by atoms with E-state index >= 15 is 0 Å². The van der Waals surface area contributed by atoms with E-state index in [1.54, 1.807) is 14.2 Å². The molecule has 0 aliphatic rings. The molecule has 0 aliphatic carbocycles. The fourth-order valence-corrected chi connectivity index (χ4v) is 3.30. The molecular weight excluding hydrogens is 392 g/mol. The lowest BCUT2D eigenvalue weighted by molar-refractivity contribution is -0.114. The highest BCUT2D eigenvalue weighted by molar-refractivity contribution is 5.88. The molecule has 1 heterocycles. The van der Waals surface area contributed by atoms with Crippen molar-refractivity contribution in [2.75, 3.05) is 19.5 Å². The van der Waals surface area contributed by atoms with E-state index in [-0.39, 0.29) is 5.91 Å². The van der Waals surface area contributed by atoms with E-state index in [1.165, 1.54) is 6.92 Å². The van der Waals surface area contributed by atoms with Gasteiger partial charge >= 0.3 is 0 Å². The first-order valence-electron chi connectivity index (χ1n) is 9.75. The predicted molar refractivity (Wildman–Crippen MR) is 121 cm³/mol. The van der Waals surface area contributed by atoms with E-state index in [4.69, 9.17) is 18.9 Å². The number of nitrogens with zero attached hydrogens (tertiary/aromatic N) is 1. The molecule has 0 spiro atoms. The Labute approximate surface area is 179 Å². The van der Waals surface area contributed by atoms with Crippen molar-refractivity contribution in [3.63, 3.8) is 0 Å². The topological polar surface area (TPSA) is 73.1 Å². The van der Waals surface area contributed by atoms with Crippen LogP contribution in [-0.2, 0) is 4.79 Å². The van der Waals surface area contributed by atoms with Gasteiger partial charge in [0.1, 0.15) is 11.3 Å². The van der Waals surface area contributed by atoms with Crippen LogP contribution in [0.25, 0.3) is 22.3 Å². The van der Waals surface area contributed by atoms with Crippen LogP contribution < -0.4 is 20.1 Å². The van der Waals surface area contributed by atoms with Crippen molar-refractivity contribution in [3.05, 3.63) is 78.2 Å². The number of para-hydroxylation sites is 1. The number of ether oxygens (including phenoxy) is 2. The Kier molecular flexibility index (Phi) is 5.71. The minimum Gasteiger partial charge on any atom is -0.493 e. The number of methoxy groups -OCH3 is 2. The zero-order valence-corrected chi connectivity index (χ0v) is 17.5. The molecule has 156 valence electrons. The minimum absolute atomic E-state index is 0.111. The molecule has 31 heavy (non-hydrogen) atoms. The van der Waals surface area contributed by atoms with Crippen molar-refractivity contribution in [1.82, 2.24) is 0 Å². The van der Waals surface area contributed by atoms with Gasteiger partial charge in [-0.25, -0.2) is 4.99 Å². The van der Waals surface area contributed by atoms with Crippen LogP contribution in [0.2, 0.25) is 0 Å². The molecule has 0 saturated carbocycles. The van der Waals surface area contributed by atoms with E-state index in [9.17, 15) is 4.79 Å². The molecule has 0 aliphatic heterocycles. The summed E-state index contributed by atoms with van der Waals surface area (Å²) >= 11 is 0. The van der Waals surface area contributed by atoms with Gasteiger partial charge in [-0.1, -0.05) is 12.1 Å². The molecule has 1 N–H and O–H groups in total. The number of carbonyl (C=O) groups excluding carboxylic acids is 1. The smallest absolute Gasteiger partial charge is 0.221 e. The molecule has 3 aromatic carbocycles. The number of carbonyl (C=O) groups is 1. The quantitative estimate of drug-likeness (QED) is 0.480. The van der Waals surface area contributed by atoms with Crippen LogP contribution in [0.15, 0.2) is 82.2 Å². The number of hydrogen-bond donors (Lipinski definition) is 1. The molecule has 6 nitrogen and oxygen atoms in total. The third kappa shape index (κ3) is 4.43. The number of benzene rings is 3. The summed E-state index contributed by atoms with van der Waals surface area (Å²) in [5.74, 6) is 1.82. The van der Waals surface area contributed by atoms with E-state index in [2.05, 4.69) is 5.32 Å². The van der Waals surface area contributed by atoms with Gasteiger partial charge in [-0.15, -0.1) is 0 Å². The van der Waals surface area contributed by atoms with Gasteiger partial charge in [-0.3, -0.25) is 4.79 Å². The van der Waals surface area contributed by atoms with E-state index < -0.39 is 0 Å². The standard InChI is InChI=1S/C25H22N2O4/c1-16(28)26-18-9-11-19(12-10-18)27-21-15-24(31-22-7-5-4-6-20(21)22)17-8-13-23(29-2)25(14-17)30-3/h4-15H,1-3H3,(H,26,28). The van der Waals surface area contributed by atoms with Crippen molar-refractivity contribution in [2.45, 2.75) is 6.92 Å². The molecule has 6 heteroatoms. The van der Waals surface area contributed by atoms with Gasteiger partial charge in [0.25, 0.3) is 0 Å². The van der Waals surface area contributed by atoms with Crippen molar-refractivity contribution in [3.8, 4) is 22.8 Å². The Morgan fingerprint density at radius 2 is 1.65 bits per heavy atom. The second-order valence-electron chi connectivity index (χ2n) is 6.90. The maximum atomic E-state index is 11.2. The molecule has 1 amide bonds. The number of hydrogen-bond acceptors (Lipinski definition) is 5. The van der Waals surface area contributed by atoms with Crippen molar-refractivity contribution < 1.29 is 18.7 Å². The minimum atomic E-state index is -0.111. The first-order chi connectivity index (χ1) is 15.1. The van der Waals surface area contributed by atoms with Crippen molar-refractivity contribution in [2.24, 2.45) is 4.99 Å². The lowest BCUT2D eigenvalue weighted by Crippen LogP contribution is -2.05. The Hall–Kier alpha value is -4.06. The monoisotopic (exact) mass is 414 g/mol. The number of rotatable bonds is 5. The molecule has 0 radical (unpaired) electrons. The molecule has 0 atom stereocenters. The summed E-state index contributed by atoms with van der Waals surface area (Å²) < 4.78 is 16.9. The molecule has 1 aromatic heterocycles. The van der Waals surface area contributed by atoms with Gasteiger partial charge in [0.05, 0.1) is 25.3 Å². The molecule has 0 fully saturated rings. The summed E-state index contributed by atoms with van der Waals surface area (Å²) in [6.45, 7) is 1.48. The fourth-order valence-electron chi connectivity index (χ4n) is 3.30. The number of fused-ring (bicyclic) bond motifs is 1.